The van der Waals surface area contributed by atoms with Crippen molar-refractivity contribution in [2.75, 3.05) is 19.5 Å². The highest BCUT2D eigenvalue weighted by molar-refractivity contribution is 9.10. The molecule has 0 aliphatic heterocycles. The van der Waals surface area contributed by atoms with E-state index in [1.807, 2.05) is 6.07 Å². The third kappa shape index (κ3) is 3.60. The maximum Gasteiger partial charge on any atom is 0.179 e. The lowest BCUT2D eigenvalue weighted by molar-refractivity contribution is 0.355. The Kier molecular flexibility index (Phi) is 5.31. The first-order chi connectivity index (χ1) is 10.1. The molecule has 0 atom stereocenters. The van der Waals surface area contributed by atoms with Crippen LogP contribution >= 0.6 is 27.5 Å². The average Bonchev–Trinajstić information content (AvgIpc) is 2.49. The molecule has 112 valence electrons. The van der Waals surface area contributed by atoms with Crippen LogP contribution in [0.1, 0.15) is 5.56 Å². The van der Waals surface area contributed by atoms with E-state index in [-0.39, 0.29) is 5.82 Å². The van der Waals surface area contributed by atoms with Gasteiger partial charge in [-0.3, -0.25) is 0 Å². The van der Waals surface area contributed by atoms with Gasteiger partial charge >= 0.3 is 0 Å². The molecule has 2 aromatic carbocycles. The fourth-order valence-electron chi connectivity index (χ4n) is 1.87. The van der Waals surface area contributed by atoms with Crippen molar-refractivity contribution in [1.29, 1.82) is 0 Å². The number of benzene rings is 2. The highest BCUT2D eigenvalue weighted by Gasteiger charge is 2.13. The molecule has 0 saturated heterocycles. The Labute approximate surface area is 136 Å². The van der Waals surface area contributed by atoms with Gasteiger partial charge in [0.2, 0.25) is 0 Å². The summed E-state index contributed by atoms with van der Waals surface area (Å²) in [5, 5.41) is 3.67. The van der Waals surface area contributed by atoms with Gasteiger partial charge in [-0.25, -0.2) is 4.39 Å². The van der Waals surface area contributed by atoms with Gasteiger partial charge in [-0.15, -0.1) is 0 Å². The molecule has 0 aliphatic rings. The van der Waals surface area contributed by atoms with Crippen LogP contribution in [0.2, 0.25) is 5.02 Å². The number of halogens is 3. The number of hydrogen-bond donors (Lipinski definition) is 1. The van der Waals surface area contributed by atoms with Crippen LogP contribution < -0.4 is 14.8 Å². The molecule has 6 heteroatoms. The van der Waals surface area contributed by atoms with Crippen LogP contribution in [0.15, 0.2) is 34.8 Å². The standard InChI is InChI=1S/C15H14BrClFNO2/c1-20-13-6-3-9(14(17)15(13)21-2)8-19-10-4-5-12(18)11(16)7-10/h3-7,19H,8H2,1-2H3. The zero-order valence-corrected chi connectivity index (χ0v) is 13.9. The summed E-state index contributed by atoms with van der Waals surface area (Å²) in [4.78, 5) is 0. The zero-order valence-electron chi connectivity index (χ0n) is 11.5. The molecule has 0 spiro atoms. The van der Waals surface area contributed by atoms with E-state index in [4.69, 9.17) is 21.1 Å². The monoisotopic (exact) mass is 373 g/mol. The van der Waals surface area contributed by atoms with Gasteiger partial charge < -0.3 is 14.8 Å². The second-order valence-electron chi connectivity index (χ2n) is 4.26. The fourth-order valence-corrected chi connectivity index (χ4v) is 2.55. The number of hydrogen-bond acceptors (Lipinski definition) is 3. The van der Waals surface area contributed by atoms with Crippen LogP contribution in [0.3, 0.4) is 0 Å². The second-order valence-corrected chi connectivity index (χ2v) is 5.49. The van der Waals surface area contributed by atoms with E-state index in [9.17, 15) is 4.39 Å². The maximum atomic E-state index is 13.2. The number of ether oxygens (including phenoxy) is 2. The quantitative estimate of drug-likeness (QED) is 0.810. The predicted molar refractivity (Wildman–Crippen MR) is 86.0 cm³/mol. The van der Waals surface area contributed by atoms with Crippen molar-refractivity contribution in [3.8, 4) is 11.5 Å². The molecule has 1 N–H and O–H groups in total. The van der Waals surface area contributed by atoms with E-state index < -0.39 is 0 Å². The van der Waals surface area contributed by atoms with Crippen molar-refractivity contribution < 1.29 is 13.9 Å². The molecule has 0 saturated carbocycles. The summed E-state index contributed by atoms with van der Waals surface area (Å²) >= 11 is 9.45. The van der Waals surface area contributed by atoms with Crippen LogP contribution in [0.4, 0.5) is 10.1 Å². The molecule has 0 aliphatic carbocycles. The molecule has 0 aromatic heterocycles. The Morgan fingerprint density at radius 3 is 2.57 bits per heavy atom. The molecule has 0 fully saturated rings. The largest absolute Gasteiger partial charge is 0.493 e. The summed E-state index contributed by atoms with van der Waals surface area (Å²) < 4.78 is 24.0. The smallest absolute Gasteiger partial charge is 0.179 e. The number of anilines is 1. The lowest BCUT2D eigenvalue weighted by Crippen LogP contribution is -2.02. The summed E-state index contributed by atoms with van der Waals surface area (Å²) in [5.74, 6) is 0.777. The minimum Gasteiger partial charge on any atom is -0.493 e. The zero-order chi connectivity index (χ0) is 15.4. The van der Waals surface area contributed by atoms with E-state index in [0.717, 1.165) is 11.3 Å². The van der Waals surface area contributed by atoms with Gasteiger partial charge in [0, 0.05) is 12.2 Å². The molecular formula is C15H14BrClFNO2. The van der Waals surface area contributed by atoms with Crippen molar-refractivity contribution >= 4 is 33.2 Å². The first-order valence-electron chi connectivity index (χ1n) is 6.15. The van der Waals surface area contributed by atoms with Crippen molar-refractivity contribution in [2.45, 2.75) is 6.54 Å². The molecule has 0 heterocycles. The van der Waals surface area contributed by atoms with Crippen LogP contribution in [0, 0.1) is 5.82 Å². The Bertz CT molecular complexity index is 652. The minimum atomic E-state index is -0.301. The topological polar surface area (TPSA) is 30.5 Å². The lowest BCUT2D eigenvalue weighted by Gasteiger charge is -2.14. The highest BCUT2D eigenvalue weighted by Crippen LogP contribution is 2.37. The van der Waals surface area contributed by atoms with Gasteiger partial charge in [0.1, 0.15) is 5.82 Å². The van der Waals surface area contributed by atoms with Crippen LogP contribution in [0.25, 0.3) is 0 Å². The first kappa shape index (κ1) is 15.9. The molecule has 21 heavy (non-hydrogen) atoms. The van der Waals surface area contributed by atoms with E-state index >= 15 is 0 Å². The van der Waals surface area contributed by atoms with Crippen molar-refractivity contribution in [3.63, 3.8) is 0 Å². The van der Waals surface area contributed by atoms with Gasteiger partial charge in [0.05, 0.1) is 23.7 Å². The molecule has 2 rings (SSSR count). The Morgan fingerprint density at radius 2 is 1.95 bits per heavy atom. The summed E-state index contributed by atoms with van der Waals surface area (Å²) in [7, 11) is 3.10. The number of nitrogens with one attached hydrogen (secondary N) is 1. The molecule has 0 amide bonds. The van der Waals surface area contributed by atoms with Gasteiger partial charge in [0.25, 0.3) is 0 Å². The molecule has 0 unspecified atom stereocenters. The van der Waals surface area contributed by atoms with E-state index in [1.165, 1.54) is 13.2 Å². The Hall–Kier alpha value is -1.46. The normalized spacial score (nSPS) is 10.3. The second kappa shape index (κ2) is 7.00. The van der Waals surface area contributed by atoms with Gasteiger partial charge in [-0.2, -0.15) is 0 Å². The van der Waals surface area contributed by atoms with Crippen LogP contribution in [0.5, 0.6) is 11.5 Å². The van der Waals surface area contributed by atoms with Gasteiger partial charge in [-0.1, -0.05) is 17.7 Å². The third-order valence-electron chi connectivity index (χ3n) is 2.97. The number of methoxy groups -OCH3 is 2. The Morgan fingerprint density at radius 1 is 1.19 bits per heavy atom. The fraction of sp³-hybridized carbons (Fsp3) is 0.200. The van der Waals surface area contributed by atoms with Crippen LogP contribution in [-0.4, -0.2) is 14.2 Å². The highest BCUT2D eigenvalue weighted by atomic mass is 79.9. The molecule has 0 bridgehead atoms. The predicted octanol–water partition coefficient (Wildman–Crippen LogP) is 4.87. The molecule has 2 aromatic rings. The van der Waals surface area contributed by atoms with Crippen molar-refractivity contribution in [2.24, 2.45) is 0 Å². The van der Waals surface area contributed by atoms with E-state index in [1.54, 1.807) is 25.3 Å². The van der Waals surface area contributed by atoms with E-state index in [0.29, 0.717) is 27.5 Å². The lowest BCUT2D eigenvalue weighted by atomic mass is 10.2. The number of rotatable bonds is 5. The summed E-state index contributed by atoms with van der Waals surface area (Å²) in [6.45, 7) is 0.483. The SMILES string of the molecule is COc1ccc(CNc2ccc(F)c(Br)c2)c(Cl)c1OC. The molecular weight excluding hydrogens is 361 g/mol. The average molecular weight is 375 g/mol. The minimum absolute atomic E-state index is 0.301. The first-order valence-corrected chi connectivity index (χ1v) is 7.32. The van der Waals surface area contributed by atoms with Crippen LogP contribution in [-0.2, 0) is 6.54 Å². The summed E-state index contributed by atoms with van der Waals surface area (Å²) in [6, 6.07) is 8.37. The summed E-state index contributed by atoms with van der Waals surface area (Å²) in [6.07, 6.45) is 0. The Balaban J connectivity index is 2.18. The molecule has 3 nitrogen and oxygen atoms in total. The third-order valence-corrected chi connectivity index (χ3v) is 3.99. The summed E-state index contributed by atoms with van der Waals surface area (Å²) in [5.41, 5.74) is 1.64. The van der Waals surface area contributed by atoms with E-state index in [2.05, 4.69) is 21.2 Å². The molecule has 0 radical (unpaired) electrons. The van der Waals surface area contributed by atoms with Crippen molar-refractivity contribution in [1.82, 2.24) is 0 Å². The van der Waals surface area contributed by atoms with Crippen molar-refractivity contribution in [3.05, 3.63) is 51.2 Å². The maximum absolute atomic E-state index is 13.2. The van der Waals surface area contributed by atoms with Gasteiger partial charge in [0.15, 0.2) is 11.5 Å². The van der Waals surface area contributed by atoms with Gasteiger partial charge in [-0.05, 0) is 45.8 Å².